The van der Waals surface area contributed by atoms with E-state index in [0.717, 1.165) is 12.1 Å². The van der Waals surface area contributed by atoms with Crippen LogP contribution in [0.25, 0.3) is 0 Å². The summed E-state index contributed by atoms with van der Waals surface area (Å²) < 4.78 is 37.3. The lowest BCUT2D eigenvalue weighted by Gasteiger charge is -2.13. The predicted octanol–water partition coefficient (Wildman–Crippen LogP) is 3.07. The minimum absolute atomic E-state index is 0.0452. The van der Waals surface area contributed by atoms with Crippen molar-refractivity contribution in [2.75, 3.05) is 12.4 Å². The zero-order valence-corrected chi connectivity index (χ0v) is 9.70. The number of alkyl halides is 4. The fraction of sp³-hybridized carbons (Fsp3) is 0.300. The average molecular weight is 281 g/mol. The van der Waals surface area contributed by atoms with Crippen LogP contribution in [0.1, 0.15) is 15.9 Å². The van der Waals surface area contributed by atoms with E-state index >= 15 is 0 Å². The molecule has 1 aromatic carbocycles. The van der Waals surface area contributed by atoms with Gasteiger partial charge in [-0.05, 0) is 18.2 Å². The molecule has 0 spiro atoms. The fourth-order valence-corrected chi connectivity index (χ4v) is 1.40. The Hall–Kier alpha value is -1.63. The van der Waals surface area contributed by atoms with Crippen LogP contribution in [-0.2, 0) is 6.18 Å². The van der Waals surface area contributed by atoms with Gasteiger partial charge in [0.2, 0.25) is 0 Å². The Balaban J connectivity index is 3.03. The molecular weight excluding hydrogens is 273 g/mol. The smallest absolute Gasteiger partial charge is 0.267 e. The summed E-state index contributed by atoms with van der Waals surface area (Å²) in [6.45, 7) is -0.167. The van der Waals surface area contributed by atoms with Gasteiger partial charge >= 0.3 is 6.18 Å². The number of nitrogens with zero attached hydrogens (tertiary/aromatic N) is 2. The van der Waals surface area contributed by atoms with Crippen molar-refractivity contribution in [2.45, 2.75) is 6.18 Å². The first-order valence-electron chi connectivity index (χ1n) is 4.78. The normalized spacial score (nSPS) is 11.1. The van der Waals surface area contributed by atoms with Crippen LogP contribution in [0.15, 0.2) is 29.6 Å². The minimum atomic E-state index is -4.55. The van der Waals surface area contributed by atoms with E-state index in [2.05, 4.69) is 5.29 Å². The Morgan fingerprint density at radius 1 is 1.39 bits per heavy atom. The summed E-state index contributed by atoms with van der Waals surface area (Å²) in [7, 11) is 0. The van der Waals surface area contributed by atoms with Gasteiger partial charge in [-0.2, -0.15) is 18.2 Å². The molecule has 1 amide bonds. The number of carbonyl (C=O) groups excluding carboxylic acids is 1. The van der Waals surface area contributed by atoms with Crippen molar-refractivity contribution in [3.05, 3.63) is 40.3 Å². The molecule has 0 unspecified atom stereocenters. The molecule has 0 saturated heterocycles. The van der Waals surface area contributed by atoms with Crippen molar-refractivity contribution in [1.29, 1.82) is 0 Å². The van der Waals surface area contributed by atoms with Crippen LogP contribution < -0.4 is 0 Å². The molecule has 0 heterocycles. The van der Waals surface area contributed by atoms with Gasteiger partial charge in [0.05, 0.1) is 17.4 Å². The van der Waals surface area contributed by atoms with Crippen molar-refractivity contribution in [3.8, 4) is 0 Å². The lowest BCUT2D eigenvalue weighted by molar-refractivity contribution is -0.137. The van der Waals surface area contributed by atoms with E-state index < -0.39 is 17.6 Å². The maximum Gasteiger partial charge on any atom is 0.416 e. The highest BCUT2D eigenvalue weighted by Crippen LogP contribution is 2.29. The quantitative estimate of drug-likeness (QED) is 0.483. The van der Waals surface area contributed by atoms with Gasteiger partial charge in [-0.1, -0.05) is 6.07 Å². The van der Waals surface area contributed by atoms with Gasteiger partial charge < -0.3 is 0 Å². The first-order chi connectivity index (χ1) is 8.40. The monoisotopic (exact) mass is 280 g/mol. The third-order valence-corrected chi connectivity index (χ3v) is 2.24. The Bertz CT molecular complexity index is 451. The number of hydrogen-bond acceptors (Lipinski definition) is 3. The predicted molar refractivity (Wildman–Crippen MR) is 59.0 cm³/mol. The average Bonchev–Trinajstić information content (AvgIpc) is 2.34. The van der Waals surface area contributed by atoms with E-state index in [-0.39, 0.29) is 18.0 Å². The molecule has 4 nitrogen and oxygen atoms in total. The molecule has 1 rings (SSSR count). The highest BCUT2D eigenvalue weighted by atomic mass is 35.5. The molecule has 0 aliphatic carbocycles. The second-order valence-electron chi connectivity index (χ2n) is 3.28. The summed E-state index contributed by atoms with van der Waals surface area (Å²) in [6.07, 6.45) is -4.55. The van der Waals surface area contributed by atoms with E-state index in [0.29, 0.717) is 11.1 Å². The number of benzene rings is 1. The van der Waals surface area contributed by atoms with Crippen molar-refractivity contribution < 1.29 is 18.0 Å². The topological polar surface area (TPSA) is 49.7 Å². The van der Waals surface area contributed by atoms with Crippen LogP contribution in [0.2, 0.25) is 0 Å². The number of hydrogen-bond donors (Lipinski definition) is 0. The molecule has 98 valence electrons. The van der Waals surface area contributed by atoms with E-state index in [1.54, 1.807) is 0 Å². The summed E-state index contributed by atoms with van der Waals surface area (Å²) in [5, 5.41) is 2.89. The number of halogens is 4. The van der Waals surface area contributed by atoms with Crippen molar-refractivity contribution in [2.24, 2.45) is 5.29 Å². The fourth-order valence-electron chi connectivity index (χ4n) is 1.24. The molecule has 0 atom stereocenters. The Morgan fingerprint density at radius 2 is 2.06 bits per heavy atom. The number of amides is 1. The van der Waals surface area contributed by atoms with Gasteiger partial charge in [-0.3, -0.25) is 4.79 Å². The van der Waals surface area contributed by atoms with Crippen LogP contribution in [-0.4, -0.2) is 23.3 Å². The molecule has 0 radical (unpaired) electrons. The molecule has 0 fully saturated rings. The summed E-state index contributed by atoms with van der Waals surface area (Å²) in [5.41, 5.74) is -1.24. The third kappa shape index (κ3) is 3.43. The van der Waals surface area contributed by atoms with Crippen molar-refractivity contribution >= 4 is 17.5 Å². The molecule has 0 N–H and O–H groups in total. The Labute approximate surface area is 105 Å². The van der Waals surface area contributed by atoms with Crippen molar-refractivity contribution in [3.63, 3.8) is 0 Å². The zero-order chi connectivity index (χ0) is 13.8. The van der Waals surface area contributed by atoms with Gasteiger partial charge in [0.1, 0.15) is 0 Å². The van der Waals surface area contributed by atoms with Crippen LogP contribution in [0.4, 0.5) is 13.2 Å². The minimum Gasteiger partial charge on any atom is -0.267 e. The second-order valence-corrected chi connectivity index (χ2v) is 3.66. The SMILES string of the molecule is O=NN(CCCl)C(=O)c1cccc(C(F)(F)F)c1. The standard InChI is InChI=1S/C10H8ClF3N2O2/c11-4-5-16(15-18)9(17)7-2-1-3-8(6-7)10(12,13)14/h1-3,6H,4-5H2. The molecule has 0 aliphatic rings. The zero-order valence-electron chi connectivity index (χ0n) is 8.95. The maximum absolute atomic E-state index is 12.4. The summed E-state index contributed by atoms with van der Waals surface area (Å²) in [4.78, 5) is 22.0. The number of carbonyl (C=O) groups is 1. The van der Waals surface area contributed by atoms with E-state index in [1.165, 1.54) is 6.07 Å². The second kappa shape index (κ2) is 5.81. The molecular formula is C10H8ClF3N2O2. The van der Waals surface area contributed by atoms with Gasteiger partial charge in [0.25, 0.3) is 5.91 Å². The van der Waals surface area contributed by atoms with Gasteiger partial charge in [0.15, 0.2) is 0 Å². The molecule has 1 aromatic rings. The summed E-state index contributed by atoms with van der Waals surface area (Å²) in [6, 6.07) is 3.75. The van der Waals surface area contributed by atoms with Gasteiger partial charge in [-0.15, -0.1) is 16.5 Å². The highest BCUT2D eigenvalue weighted by molar-refractivity contribution is 6.18. The Morgan fingerprint density at radius 3 is 2.56 bits per heavy atom. The Kier molecular flexibility index (Phi) is 4.66. The highest BCUT2D eigenvalue weighted by Gasteiger charge is 2.31. The first-order valence-corrected chi connectivity index (χ1v) is 5.32. The largest absolute Gasteiger partial charge is 0.416 e. The first kappa shape index (κ1) is 14.4. The van der Waals surface area contributed by atoms with Crippen molar-refractivity contribution in [1.82, 2.24) is 5.01 Å². The van der Waals surface area contributed by atoms with Crippen LogP contribution in [0.5, 0.6) is 0 Å². The molecule has 0 aliphatic heterocycles. The van der Waals surface area contributed by atoms with Gasteiger partial charge in [0, 0.05) is 11.4 Å². The number of nitroso groups, excluding NO2 is 1. The lowest BCUT2D eigenvalue weighted by Crippen LogP contribution is -2.27. The van der Waals surface area contributed by atoms with E-state index in [1.807, 2.05) is 0 Å². The molecule has 18 heavy (non-hydrogen) atoms. The van der Waals surface area contributed by atoms with E-state index in [9.17, 15) is 22.9 Å². The molecule has 0 aromatic heterocycles. The summed E-state index contributed by atoms with van der Waals surface area (Å²) in [5.74, 6) is -0.965. The van der Waals surface area contributed by atoms with Crippen LogP contribution in [0, 0.1) is 4.91 Å². The number of rotatable bonds is 4. The third-order valence-electron chi connectivity index (χ3n) is 2.07. The molecule has 0 bridgehead atoms. The van der Waals surface area contributed by atoms with E-state index in [4.69, 9.17) is 11.6 Å². The molecule has 0 saturated carbocycles. The molecule has 8 heteroatoms. The summed E-state index contributed by atoms with van der Waals surface area (Å²) >= 11 is 5.34. The van der Waals surface area contributed by atoms with Crippen LogP contribution in [0.3, 0.4) is 0 Å². The maximum atomic E-state index is 12.4. The lowest BCUT2D eigenvalue weighted by atomic mass is 10.1. The van der Waals surface area contributed by atoms with Gasteiger partial charge in [-0.25, -0.2) is 0 Å². The van der Waals surface area contributed by atoms with Crippen LogP contribution >= 0.6 is 11.6 Å².